The van der Waals surface area contributed by atoms with Gasteiger partial charge in [-0.3, -0.25) is 76.9 Å². The predicted molar refractivity (Wildman–Crippen MR) is 471 cm³/mol. The molecule has 6 aliphatic heterocycles. The minimum absolute atomic E-state index is 0.00490. The van der Waals surface area contributed by atoms with Crippen molar-refractivity contribution in [3.05, 3.63) is 119 Å². The molecule has 2 saturated heterocycles. The Morgan fingerprint density at radius 2 is 0.817 bits per heavy atom. The fourth-order valence-electron chi connectivity index (χ4n) is 15.4. The number of anilines is 4. The SMILES string of the molecule is COc1cc2c(cc1OCCCCCOc1cc3c(cc1OC)C(=O)N1C=C(C)C[C@H]1[C@H](O)N3C(=O)OCc1ccc(NC(=O)[C@H](C)NC(=O)[C@@H](NC(=O)CCOCCNC(=O)CCN3C(=O)CC(C)C3=O)C(C)C)cc1)N(C(=O)OCc1ccc(NC(=O)[C@H](C)NC(=O)[C@@H](NC(=O)CCOCCNC(=O)CCN3C(=O)CC(C)C3=O)C(C)C)cc1)[C@@H](O)[C@@H]1CC(C)=CN1C2=O. The zero-order valence-electron chi connectivity index (χ0n) is 75.7. The number of aliphatic hydroxyl groups is 2. The van der Waals surface area contributed by atoms with E-state index in [9.17, 15) is 86.9 Å². The highest BCUT2D eigenvalue weighted by atomic mass is 16.6. The number of carbonyl (C=O) groups is 16. The van der Waals surface area contributed by atoms with Crippen molar-refractivity contribution >= 4 is 118 Å². The Balaban J connectivity index is 0.676. The molecule has 0 aromatic heterocycles. The highest BCUT2D eigenvalue weighted by molar-refractivity contribution is 6.09. The summed E-state index contributed by atoms with van der Waals surface area (Å²) in [4.78, 5) is 217. The molecule has 4 aromatic rings. The van der Waals surface area contributed by atoms with E-state index in [1.807, 2.05) is 0 Å². The van der Waals surface area contributed by atoms with E-state index in [0.717, 1.165) is 30.7 Å². The van der Waals surface area contributed by atoms with Crippen LogP contribution in [0.3, 0.4) is 0 Å². The van der Waals surface area contributed by atoms with Gasteiger partial charge in [-0.25, -0.2) is 19.4 Å². The van der Waals surface area contributed by atoms with E-state index < -0.39 is 120 Å². The molecule has 6 heterocycles. The van der Waals surface area contributed by atoms with Gasteiger partial charge in [-0.2, -0.15) is 0 Å². The van der Waals surface area contributed by atoms with Crippen LogP contribution in [0, 0.1) is 23.7 Å². The first-order valence-electron chi connectivity index (χ1n) is 43.8. The third-order valence-corrected chi connectivity index (χ3v) is 22.8. The number of nitrogens with zero attached hydrogens (tertiary/aromatic N) is 6. The second-order valence-corrected chi connectivity index (χ2v) is 33.7. The monoisotopic (exact) mass is 1820 g/mol. The number of methoxy groups -OCH3 is 2. The molecule has 0 spiro atoms. The van der Waals surface area contributed by atoms with Crippen molar-refractivity contribution < 1.29 is 125 Å². The minimum Gasteiger partial charge on any atom is -0.493 e. The summed E-state index contributed by atoms with van der Waals surface area (Å²) in [6.45, 7) is 16.6. The molecule has 708 valence electrons. The van der Waals surface area contributed by atoms with Gasteiger partial charge in [0.05, 0.1) is 88.4 Å². The maximum atomic E-state index is 14.5. The van der Waals surface area contributed by atoms with Crippen LogP contribution in [0.15, 0.2) is 96.3 Å². The summed E-state index contributed by atoms with van der Waals surface area (Å²) < 4.78 is 46.7. The van der Waals surface area contributed by atoms with Crippen LogP contribution in [-0.2, 0) is 89.7 Å². The predicted octanol–water partition coefficient (Wildman–Crippen LogP) is 5.30. The number of imide groups is 2. The zero-order valence-corrected chi connectivity index (χ0v) is 75.7. The van der Waals surface area contributed by atoms with Crippen molar-refractivity contribution in [1.29, 1.82) is 0 Å². The standard InChI is InChI=1S/C91H118N14O26/c1-50(2)78(98-74(108)26-34-126-36-28-92-72(106)24-30-100-76(110)40-54(7)84(100)116)82(114)94-56(9)80(112)96-60-20-16-58(17-21-60)48-130-90(122)104-64-44-70(68(124-11)42-62(64)86(118)102-46-52(5)38-66(102)88(104)120)128-32-14-13-15-33-129-71-45-65-63(43-69(71)125-12)87(119)103-47-53(6)39-67(103)89(121)105(65)91(123)131-49-59-18-22-61(23-19-59)97-81(113)57(10)95-83(115)79(51(3)4)99-75(109)27-35-127-37-29-93-73(107)25-31-101-77(111)41-55(8)85(101)117/h16-23,42-47,50-51,54-57,66-67,78-79,88-89,120-121H,13-15,24-41,48-49H2,1-12H3,(H,92,106)(H,93,107)(H,94,114)(H,95,115)(H,96,112)(H,97,113)(H,98,108)(H,99,109)/t54?,55?,56-,57-,66-,67-,78-,79-,88-,89-/m0/s1. The van der Waals surface area contributed by atoms with Crippen molar-refractivity contribution in [3.63, 3.8) is 0 Å². The Kier molecular flexibility index (Phi) is 35.5. The maximum absolute atomic E-state index is 14.5. The Hall–Kier alpha value is -13.1. The minimum atomic E-state index is -1.61. The van der Waals surface area contributed by atoms with Crippen LogP contribution in [0.4, 0.5) is 32.3 Å². The molecule has 2 fully saturated rings. The molecule has 0 saturated carbocycles. The van der Waals surface area contributed by atoms with Gasteiger partial charge in [-0.1, -0.05) is 77.0 Å². The van der Waals surface area contributed by atoms with Crippen molar-refractivity contribution in [3.8, 4) is 23.0 Å². The molecule has 40 heteroatoms. The number of amides is 16. The number of likely N-dealkylation sites (tertiary alicyclic amines) is 2. The van der Waals surface area contributed by atoms with Crippen LogP contribution < -0.4 is 71.3 Å². The van der Waals surface area contributed by atoms with Gasteiger partial charge >= 0.3 is 12.2 Å². The van der Waals surface area contributed by atoms with Gasteiger partial charge in [0.15, 0.2) is 35.5 Å². The maximum Gasteiger partial charge on any atom is 0.416 e. The molecular weight excluding hydrogens is 1710 g/mol. The molecule has 131 heavy (non-hydrogen) atoms. The molecular formula is C91H118N14O26. The van der Waals surface area contributed by atoms with Crippen molar-refractivity contribution in [2.75, 3.05) is 100 Å². The molecule has 0 aliphatic carbocycles. The average Bonchev–Trinajstić information content (AvgIpc) is 1.68. The van der Waals surface area contributed by atoms with Gasteiger partial charge in [0.25, 0.3) is 11.8 Å². The molecule has 10 atom stereocenters. The van der Waals surface area contributed by atoms with Crippen LogP contribution in [-0.4, -0.2) is 253 Å². The van der Waals surface area contributed by atoms with Crippen molar-refractivity contribution in [1.82, 2.24) is 51.5 Å². The first-order valence-corrected chi connectivity index (χ1v) is 43.8. The van der Waals surface area contributed by atoms with Crippen LogP contribution in [0.2, 0.25) is 0 Å². The lowest BCUT2D eigenvalue weighted by atomic mass is 10.0. The highest BCUT2D eigenvalue weighted by Crippen LogP contribution is 2.45. The molecule has 10 rings (SSSR count). The summed E-state index contributed by atoms with van der Waals surface area (Å²) in [6, 6.07) is 12.3. The lowest BCUT2D eigenvalue weighted by molar-refractivity contribution is -0.141. The van der Waals surface area contributed by atoms with Gasteiger partial charge in [-0.15, -0.1) is 0 Å². The van der Waals surface area contributed by atoms with Gasteiger partial charge in [-0.05, 0) is 119 Å². The number of rotatable bonds is 44. The Bertz CT molecular complexity index is 4680. The molecule has 0 radical (unpaired) electrons. The average molecular weight is 1820 g/mol. The lowest BCUT2D eigenvalue weighted by Gasteiger charge is -2.31. The second kappa shape index (κ2) is 46.4. The quantitative estimate of drug-likeness (QED) is 0.0198. The fraction of sp³-hybridized carbons (Fsp3) is 0.516. The van der Waals surface area contributed by atoms with Crippen molar-refractivity contribution in [2.24, 2.45) is 23.7 Å². The molecule has 2 unspecified atom stereocenters. The number of nitrogens with one attached hydrogen (secondary N) is 8. The topological polar surface area (TPSA) is 503 Å². The number of carbonyl (C=O) groups excluding carboxylic acids is 16. The molecule has 0 bridgehead atoms. The lowest BCUT2D eigenvalue weighted by Crippen LogP contribution is -2.53. The Labute approximate surface area is 758 Å². The highest BCUT2D eigenvalue weighted by Gasteiger charge is 2.48. The Morgan fingerprint density at radius 3 is 1.16 bits per heavy atom. The Morgan fingerprint density at radius 1 is 0.443 bits per heavy atom. The van der Waals surface area contributed by atoms with E-state index in [4.69, 9.17) is 37.9 Å². The number of hydrogen-bond donors (Lipinski definition) is 10. The molecule has 40 nitrogen and oxygen atoms in total. The summed E-state index contributed by atoms with van der Waals surface area (Å²) in [6.07, 6.45) is -0.276. The molecule has 10 N–H and O–H groups in total. The van der Waals surface area contributed by atoms with E-state index >= 15 is 0 Å². The summed E-state index contributed by atoms with van der Waals surface area (Å²) in [5, 5.41) is 45.6. The smallest absolute Gasteiger partial charge is 0.416 e. The van der Waals surface area contributed by atoms with Crippen molar-refractivity contribution in [2.45, 2.75) is 202 Å². The number of hydrogen-bond acceptors (Lipinski definition) is 26. The number of unbranched alkanes of at least 4 members (excludes halogenated alkanes) is 2. The third-order valence-electron chi connectivity index (χ3n) is 22.8. The normalized spacial score (nSPS) is 18.9. The third kappa shape index (κ3) is 26.2. The number of aliphatic hydroxyl groups excluding tert-OH is 2. The first kappa shape index (κ1) is 100. The van der Waals surface area contributed by atoms with Crippen LogP contribution in [0.5, 0.6) is 23.0 Å². The van der Waals surface area contributed by atoms with Gasteiger partial charge in [0, 0.05) is 112 Å². The van der Waals surface area contributed by atoms with E-state index in [1.165, 1.54) is 62.1 Å². The number of benzene rings is 4. The van der Waals surface area contributed by atoms with Crippen LogP contribution in [0.25, 0.3) is 0 Å². The molecule has 4 aromatic carbocycles. The largest absolute Gasteiger partial charge is 0.493 e. The number of ether oxygens (including phenoxy) is 8. The van der Waals surface area contributed by atoms with Gasteiger partial charge < -0.3 is 100 Å². The summed E-state index contributed by atoms with van der Waals surface area (Å²) >= 11 is 0. The number of fused-ring (bicyclic) bond motifs is 4. The van der Waals surface area contributed by atoms with E-state index in [-0.39, 0.29) is 223 Å². The van der Waals surface area contributed by atoms with Gasteiger partial charge in [0.2, 0.25) is 70.9 Å². The van der Waals surface area contributed by atoms with E-state index in [2.05, 4.69) is 42.5 Å². The zero-order chi connectivity index (χ0) is 95.2. The van der Waals surface area contributed by atoms with E-state index in [0.29, 0.717) is 41.8 Å². The summed E-state index contributed by atoms with van der Waals surface area (Å²) in [5.41, 5.74) is 3.10. The van der Waals surface area contributed by atoms with E-state index in [1.54, 1.807) is 116 Å². The molecule has 16 amide bonds. The summed E-state index contributed by atoms with van der Waals surface area (Å²) in [7, 11) is 2.77. The van der Waals surface area contributed by atoms with Gasteiger partial charge in [0.1, 0.15) is 37.4 Å². The second-order valence-electron chi connectivity index (χ2n) is 33.7. The fourth-order valence-corrected chi connectivity index (χ4v) is 15.4. The van der Waals surface area contributed by atoms with Crippen LogP contribution >= 0.6 is 0 Å². The first-order chi connectivity index (χ1) is 62.4. The van der Waals surface area contributed by atoms with Crippen LogP contribution in [0.1, 0.15) is 172 Å². The molecule has 6 aliphatic rings. The summed E-state index contributed by atoms with van der Waals surface area (Å²) in [5.74, 6) is -7.40.